The summed E-state index contributed by atoms with van der Waals surface area (Å²) in [4.78, 5) is 4.17. The van der Waals surface area contributed by atoms with Crippen LogP contribution >= 0.6 is 0 Å². The van der Waals surface area contributed by atoms with Gasteiger partial charge in [-0.3, -0.25) is 4.98 Å². The molecular formula is C10H14N2. The number of nitrogens with two attached hydrogens (primary N) is 1. The largest absolute Gasteiger partial charge is 0.324 e. The predicted octanol–water partition coefficient (Wildman–Crippen LogP) is 1.97. The Morgan fingerprint density at radius 1 is 1.67 bits per heavy atom. The summed E-state index contributed by atoms with van der Waals surface area (Å²) in [6.07, 6.45) is 4.44. The van der Waals surface area contributed by atoms with Crippen molar-refractivity contribution in [2.45, 2.75) is 19.4 Å². The Kier molecular flexibility index (Phi) is 3.00. The first-order chi connectivity index (χ1) is 5.74. The van der Waals surface area contributed by atoms with Crippen LogP contribution in [0, 0.1) is 6.92 Å². The van der Waals surface area contributed by atoms with E-state index in [-0.39, 0.29) is 6.04 Å². The van der Waals surface area contributed by atoms with Gasteiger partial charge >= 0.3 is 0 Å². The third kappa shape index (κ3) is 2.17. The molecule has 2 heteroatoms. The van der Waals surface area contributed by atoms with Crippen molar-refractivity contribution in [1.82, 2.24) is 4.98 Å². The molecule has 0 saturated carbocycles. The predicted molar refractivity (Wildman–Crippen MR) is 50.7 cm³/mol. The molecule has 1 heterocycles. The van der Waals surface area contributed by atoms with Crippen molar-refractivity contribution in [1.29, 1.82) is 0 Å². The summed E-state index contributed by atoms with van der Waals surface area (Å²) in [6.45, 7) is 5.60. The number of hydrogen-bond donors (Lipinski definition) is 1. The summed E-state index contributed by atoms with van der Waals surface area (Å²) in [6, 6.07) is 4.02. The van der Waals surface area contributed by atoms with E-state index < -0.39 is 0 Å². The number of hydrogen-bond acceptors (Lipinski definition) is 2. The summed E-state index contributed by atoms with van der Waals surface area (Å²) in [7, 11) is 0. The standard InChI is InChI=1S/C10H14N2/c1-3-4-10(11)9-6-5-8(2)12-7-9/h3,5-7,10H,1,4,11H2,2H3/t10-/m1/s1. The zero-order chi connectivity index (χ0) is 8.97. The molecule has 0 aliphatic heterocycles. The third-order valence-electron chi connectivity index (χ3n) is 1.78. The Balaban J connectivity index is 2.74. The fourth-order valence-corrected chi connectivity index (χ4v) is 1.01. The summed E-state index contributed by atoms with van der Waals surface area (Å²) < 4.78 is 0. The molecule has 2 nitrogen and oxygen atoms in total. The lowest BCUT2D eigenvalue weighted by molar-refractivity contribution is 0.736. The highest BCUT2D eigenvalue weighted by molar-refractivity contribution is 5.17. The van der Waals surface area contributed by atoms with Gasteiger partial charge in [0.05, 0.1) is 0 Å². The van der Waals surface area contributed by atoms with E-state index in [0.29, 0.717) is 0 Å². The van der Waals surface area contributed by atoms with Crippen LogP contribution in [0.25, 0.3) is 0 Å². The first-order valence-corrected chi connectivity index (χ1v) is 4.03. The molecule has 1 atom stereocenters. The Morgan fingerprint density at radius 2 is 2.42 bits per heavy atom. The van der Waals surface area contributed by atoms with Crippen LogP contribution in [0.1, 0.15) is 23.7 Å². The second-order valence-corrected chi connectivity index (χ2v) is 2.86. The Bertz CT molecular complexity index is 251. The van der Waals surface area contributed by atoms with Crippen LogP contribution in [0.5, 0.6) is 0 Å². The summed E-state index contributed by atoms with van der Waals surface area (Å²) in [5.74, 6) is 0. The highest BCUT2D eigenvalue weighted by Gasteiger charge is 2.02. The van der Waals surface area contributed by atoms with Gasteiger partial charge in [-0.1, -0.05) is 12.1 Å². The molecule has 64 valence electrons. The minimum atomic E-state index is 0.0376. The van der Waals surface area contributed by atoms with Gasteiger partial charge in [-0.15, -0.1) is 6.58 Å². The van der Waals surface area contributed by atoms with Gasteiger partial charge in [-0.25, -0.2) is 0 Å². The first-order valence-electron chi connectivity index (χ1n) is 4.03. The van der Waals surface area contributed by atoms with Crippen LogP contribution in [-0.2, 0) is 0 Å². The van der Waals surface area contributed by atoms with Gasteiger partial charge in [-0.05, 0) is 25.0 Å². The summed E-state index contributed by atoms with van der Waals surface area (Å²) >= 11 is 0. The van der Waals surface area contributed by atoms with Crippen molar-refractivity contribution in [2.24, 2.45) is 5.73 Å². The van der Waals surface area contributed by atoms with Gasteiger partial charge in [0, 0.05) is 17.9 Å². The van der Waals surface area contributed by atoms with E-state index >= 15 is 0 Å². The topological polar surface area (TPSA) is 38.9 Å². The molecule has 0 aromatic carbocycles. The smallest absolute Gasteiger partial charge is 0.0372 e. The number of aromatic nitrogens is 1. The maximum Gasteiger partial charge on any atom is 0.0372 e. The van der Waals surface area contributed by atoms with Crippen LogP contribution < -0.4 is 5.73 Å². The highest BCUT2D eigenvalue weighted by atomic mass is 14.7. The molecular weight excluding hydrogens is 148 g/mol. The van der Waals surface area contributed by atoms with E-state index in [4.69, 9.17) is 5.73 Å². The van der Waals surface area contributed by atoms with E-state index in [1.807, 2.05) is 31.3 Å². The number of pyridine rings is 1. The number of nitrogens with zero attached hydrogens (tertiary/aromatic N) is 1. The lowest BCUT2D eigenvalue weighted by atomic mass is 10.1. The monoisotopic (exact) mass is 162 g/mol. The highest BCUT2D eigenvalue weighted by Crippen LogP contribution is 2.12. The second-order valence-electron chi connectivity index (χ2n) is 2.86. The SMILES string of the molecule is C=CC[C@@H](N)c1ccc(C)nc1. The van der Waals surface area contributed by atoms with Crippen molar-refractivity contribution in [3.05, 3.63) is 42.2 Å². The van der Waals surface area contributed by atoms with Gasteiger partial charge in [0.15, 0.2) is 0 Å². The van der Waals surface area contributed by atoms with Crippen LogP contribution in [0.4, 0.5) is 0 Å². The molecule has 0 aliphatic rings. The fraction of sp³-hybridized carbons (Fsp3) is 0.300. The first kappa shape index (κ1) is 8.94. The molecule has 0 saturated heterocycles. The second kappa shape index (κ2) is 4.02. The molecule has 0 spiro atoms. The maximum atomic E-state index is 5.84. The molecule has 0 unspecified atom stereocenters. The molecule has 1 aromatic heterocycles. The van der Waals surface area contributed by atoms with E-state index in [1.165, 1.54) is 0 Å². The third-order valence-corrected chi connectivity index (χ3v) is 1.78. The molecule has 0 fully saturated rings. The van der Waals surface area contributed by atoms with Crippen molar-refractivity contribution < 1.29 is 0 Å². The van der Waals surface area contributed by atoms with Crippen LogP contribution in [-0.4, -0.2) is 4.98 Å². The van der Waals surface area contributed by atoms with E-state index in [9.17, 15) is 0 Å². The zero-order valence-corrected chi connectivity index (χ0v) is 7.33. The van der Waals surface area contributed by atoms with Gasteiger partial charge in [0.25, 0.3) is 0 Å². The molecule has 1 rings (SSSR count). The Morgan fingerprint density at radius 3 is 2.92 bits per heavy atom. The quantitative estimate of drug-likeness (QED) is 0.690. The average molecular weight is 162 g/mol. The molecule has 0 amide bonds. The van der Waals surface area contributed by atoms with Gasteiger partial charge in [0.2, 0.25) is 0 Å². The Labute approximate surface area is 73.1 Å². The summed E-state index contributed by atoms with van der Waals surface area (Å²) in [5.41, 5.74) is 7.93. The molecule has 0 radical (unpaired) electrons. The molecule has 0 aliphatic carbocycles. The van der Waals surface area contributed by atoms with E-state index in [0.717, 1.165) is 17.7 Å². The zero-order valence-electron chi connectivity index (χ0n) is 7.33. The van der Waals surface area contributed by atoms with Crippen molar-refractivity contribution in [2.75, 3.05) is 0 Å². The molecule has 2 N–H and O–H groups in total. The maximum absolute atomic E-state index is 5.84. The summed E-state index contributed by atoms with van der Waals surface area (Å²) in [5, 5.41) is 0. The normalized spacial score (nSPS) is 12.5. The Hall–Kier alpha value is -1.15. The van der Waals surface area contributed by atoms with Gasteiger partial charge in [-0.2, -0.15) is 0 Å². The minimum absolute atomic E-state index is 0.0376. The molecule has 0 bridgehead atoms. The molecule has 1 aromatic rings. The average Bonchev–Trinajstić information content (AvgIpc) is 2.06. The van der Waals surface area contributed by atoms with Gasteiger partial charge in [0.1, 0.15) is 0 Å². The number of rotatable bonds is 3. The van der Waals surface area contributed by atoms with Crippen molar-refractivity contribution >= 4 is 0 Å². The van der Waals surface area contributed by atoms with Gasteiger partial charge < -0.3 is 5.73 Å². The van der Waals surface area contributed by atoms with E-state index in [1.54, 1.807) is 0 Å². The number of aryl methyl sites for hydroxylation is 1. The van der Waals surface area contributed by atoms with E-state index in [2.05, 4.69) is 11.6 Å². The van der Waals surface area contributed by atoms with Crippen molar-refractivity contribution in [3.8, 4) is 0 Å². The minimum Gasteiger partial charge on any atom is -0.324 e. The van der Waals surface area contributed by atoms with Crippen LogP contribution in [0.2, 0.25) is 0 Å². The van der Waals surface area contributed by atoms with Crippen molar-refractivity contribution in [3.63, 3.8) is 0 Å². The molecule has 12 heavy (non-hydrogen) atoms. The van der Waals surface area contributed by atoms with Crippen LogP contribution in [0.3, 0.4) is 0 Å². The lowest BCUT2D eigenvalue weighted by Gasteiger charge is -2.08. The lowest BCUT2D eigenvalue weighted by Crippen LogP contribution is -2.09. The fourth-order valence-electron chi connectivity index (χ4n) is 1.01. The van der Waals surface area contributed by atoms with Crippen LogP contribution in [0.15, 0.2) is 31.0 Å².